The minimum Gasteiger partial charge on any atom is -0.469 e. The first-order valence-corrected chi connectivity index (χ1v) is 12.2. The summed E-state index contributed by atoms with van der Waals surface area (Å²) >= 11 is 0. The van der Waals surface area contributed by atoms with Crippen molar-refractivity contribution in [2.45, 2.75) is 75.6 Å². The summed E-state index contributed by atoms with van der Waals surface area (Å²) in [6, 6.07) is 1.25. The van der Waals surface area contributed by atoms with Gasteiger partial charge in [0, 0.05) is 18.5 Å². The normalized spacial score (nSPS) is 25.4. The van der Waals surface area contributed by atoms with Crippen LogP contribution in [0.25, 0.3) is 0 Å². The molecule has 3 aliphatic rings. The van der Waals surface area contributed by atoms with Gasteiger partial charge in [-0.25, -0.2) is 23.2 Å². The fourth-order valence-corrected chi connectivity index (χ4v) is 5.78. The fraction of sp³-hybridized carbons (Fsp3) is 0.524. The average molecular weight is 448 g/mol. The van der Waals surface area contributed by atoms with Gasteiger partial charge in [-0.3, -0.25) is 0 Å². The Balaban J connectivity index is 1.47. The van der Waals surface area contributed by atoms with Gasteiger partial charge in [0.05, 0.1) is 12.7 Å². The van der Waals surface area contributed by atoms with E-state index in [1.54, 1.807) is 4.68 Å². The maximum Gasteiger partial charge on any atom is 0.354 e. The van der Waals surface area contributed by atoms with Crippen molar-refractivity contribution in [2.75, 3.05) is 5.32 Å². The smallest absolute Gasteiger partial charge is 0.354 e. The number of urea groups is 1. The van der Waals surface area contributed by atoms with Gasteiger partial charge in [0.2, 0.25) is 5.88 Å². The summed E-state index contributed by atoms with van der Waals surface area (Å²) in [5.41, 5.74) is 4.05. The first kappa shape index (κ1) is 20.4. The fourth-order valence-electron chi connectivity index (χ4n) is 4.79. The van der Waals surface area contributed by atoms with Gasteiger partial charge in [-0.2, -0.15) is 5.10 Å². The van der Waals surface area contributed by atoms with Crippen LogP contribution in [0.5, 0.6) is 5.88 Å². The zero-order chi connectivity index (χ0) is 22.0. The molecule has 10 heteroatoms. The van der Waals surface area contributed by atoms with Crippen LogP contribution in [0.1, 0.15) is 48.9 Å². The highest BCUT2D eigenvalue weighted by atomic mass is 32.2. The summed E-state index contributed by atoms with van der Waals surface area (Å²) < 4.78 is 38.6. The predicted octanol–water partition coefficient (Wildman–Crippen LogP) is 3.30. The molecular formula is C21H26FN5O3S. The zero-order valence-electron chi connectivity index (χ0n) is 17.6. The van der Waals surface area contributed by atoms with E-state index in [1.807, 2.05) is 13.8 Å². The Labute approximate surface area is 180 Å². The summed E-state index contributed by atoms with van der Waals surface area (Å²) in [7, 11) is -3.58. The molecule has 2 aromatic rings. The molecule has 0 unspecified atom stereocenters. The van der Waals surface area contributed by atoms with E-state index in [0.717, 1.165) is 47.9 Å². The SMILES string of the molecule is CC[C@@]1(C)Cn2ncc([S@](N)(=O)=NC(=O)Nc3c4c(cc5c3C[C@@H](F)C5)CCC4)c2O1. The highest BCUT2D eigenvalue weighted by Crippen LogP contribution is 2.40. The predicted molar refractivity (Wildman–Crippen MR) is 114 cm³/mol. The van der Waals surface area contributed by atoms with Crippen molar-refractivity contribution >= 4 is 21.6 Å². The average Bonchev–Trinajstić information content (AvgIpc) is 3.43. The Morgan fingerprint density at radius 3 is 3.00 bits per heavy atom. The molecule has 3 atom stereocenters. The third-order valence-electron chi connectivity index (χ3n) is 6.57. The van der Waals surface area contributed by atoms with E-state index >= 15 is 0 Å². The number of fused-ring (bicyclic) bond motifs is 3. The molecule has 2 heterocycles. The molecule has 0 bridgehead atoms. The number of ether oxygens (including phenoxy) is 1. The lowest BCUT2D eigenvalue weighted by molar-refractivity contribution is 0.105. The number of carbonyl (C=O) groups is 1. The summed E-state index contributed by atoms with van der Waals surface area (Å²) in [5.74, 6) is 0.287. The molecule has 0 radical (unpaired) electrons. The second kappa shape index (κ2) is 7.03. The van der Waals surface area contributed by atoms with Crippen LogP contribution in [0.2, 0.25) is 0 Å². The standard InChI is InChI=1S/C21H26FN5O3S/c1-3-21(2)11-27-19(30-21)17(10-24-27)31(23,29)26-20(28)25-18-15-6-4-5-12(15)7-13-8-14(22)9-16(13)18/h7,10,14H,3-6,8-9,11H2,1-2H3,(H3,23,25,26,28,29)/t14-,21-,31+/m0/s1. The number of benzene rings is 1. The van der Waals surface area contributed by atoms with E-state index in [9.17, 15) is 13.4 Å². The van der Waals surface area contributed by atoms with Crippen LogP contribution in [0, 0.1) is 0 Å². The summed E-state index contributed by atoms with van der Waals surface area (Å²) in [6.45, 7) is 4.43. The van der Waals surface area contributed by atoms with Crippen LogP contribution in [0.3, 0.4) is 0 Å². The number of amides is 2. The van der Waals surface area contributed by atoms with Crippen molar-refractivity contribution in [1.29, 1.82) is 0 Å². The minimum absolute atomic E-state index is 0.104. The van der Waals surface area contributed by atoms with E-state index in [-0.39, 0.29) is 17.2 Å². The maximum atomic E-state index is 14.1. The number of aromatic nitrogens is 2. The number of carbonyl (C=O) groups excluding carboxylic acids is 1. The Kier molecular flexibility index (Phi) is 4.63. The molecule has 31 heavy (non-hydrogen) atoms. The number of hydrogen-bond acceptors (Lipinski definition) is 4. The number of alkyl halides is 1. The van der Waals surface area contributed by atoms with E-state index < -0.39 is 27.7 Å². The van der Waals surface area contributed by atoms with Crippen molar-refractivity contribution < 1.29 is 18.1 Å². The molecule has 0 spiro atoms. The van der Waals surface area contributed by atoms with E-state index in [1.165, 1.54) is 6.20 Å². The van der Waals surface area contributed by atoms with E-state index in [4.69, 9.17) is 9.88 Å². The molecule has 3 N–H and O–H groups in total. The van der Waals surface area contributed by atoms with Gasteiger partial charge in [-0.05, 0) is 54.9 Å². The van der Waals surface area contributed by atoms with Gasteiger partial charge >= 0.3 is 6.03 Å². The molecule has 0 saturated carbocycles. The first-order chi connectivity index (χ1) is 14.7. The number of rotatable bonds is 3. The van der Waals surface area contributed by atoms with Crippen LogP contribution in [0.4, 0.5) is 14.9 Å². The number of nitrogens with zero attached hydrogens (tertiary/aromatic N) is 3. The van der Waals surface area contributed by atoms with Gasteiger partial charge in [-0.1, -0.05) is 13.0 Å². The monoisotopic (exact) mass is 447 g/mol. The molecule has 0 fully saturated rings. The lowest BCUT2D eigenvalue weighted by Gasteiger charge is -2.20. The molecular weight excluding hydrogens is 421 g/mol. The summed E-state index contributed by atoms with van der Waals surface area (Å²) in [4.78, 5) is 12.9. The molecule has 1 aliphatic heterocycles. The molecule has 2 aliphatic carbocycles. The summed E-state index contributed by atoms with van der Waals surface area (Å²) in [5, 5.41) is 13.0. The summed E-state index contributed by atoms with van der Waals surface area (Å²) in [6.07, 6.45) is 4.44. The maximum absolute atomic E-state index is 14.1. The van der Waals surface area contributed by atoms with Crippen LogP contribution in [-0.2, 0) is 42.1 Å². The lowest BCUT2D eigenvalue weighted by Crippen LogP contribution is -2.30. The topological polar surface area (TPSA) is 112 Å². The minimum atomic E-state index is -3.58. The third-order valence-corrected chi connectivity index (χ3v) is 7.91. The molecule has 0 saturated heterocycles. The van der Waals surface area contributed by atoms with E-state index in [0.29, 0.717) is 18.7 Å². The molecule has 1 aromatic carbocycles. The Morgan fingerprint density at radius 2 is 2.23 bits per heavy atom. The number of nitrogens with one attached hydrogen (secondary N) is 1. The Morgan fingerprint density at radius 1 is 1.42 bits per heavy atom. The molecule has 1 aromatic heterocycles. The first-order valence-electron chi connectivity index (χ1n) is 10.6. The van der Waals surface area contributed by atoms with Crippen molar-refractivity contribution in [2.24, 2.45) is 9.50 Å². The number of nitrogens with two attached hydrogens (primary N) is 1. The van der Waals surface area contributed by atoms with Gasteiger partial charge in [0.25, 0.3) is 0 Å². The third kappa shape index (κ3) is 3.41. The van der Waals surface area contributed by atoms with Crippen LogP contribution in [0.15, 0.2) is 21.5 Å². The van der Waals surface area contributed by atoms with Gasteiger partial charge in [-0.15, -0.1) is 4.36 Å². The number of anilines is 1. The number of hydrogen-bond donors (Lipinski definition) is 2. The van der Waals surface area contributed by atoms with Crippen molar-refractivity contribution in [3.63, 3.8) is 0 Å². The molecule has 166 valence electrons. The Hall–Kier alpha value is -2.46. The highest BCUT2D eigenvalue weighted by Gasteiger charge is 2.38. The number of halogens is 1. The van der Waals surface area contributed by atoms with Gasteiger partial charge in [0.15, 0.2) is 9.92 Å². The molecule has 5 rings (SSSR count). The van der Waals surface area contributed by atoms with Crippen molar-refractivity contribution in [3.8, 4) is 5.88 Å². The van der Waals surface area contributed by atoms with Crippen molar-refractivity contribution in [3.05, 3.63) is 34.5 Å². The van der Waals surface area contributed by atoms with Crippen molar-refractivity contribution in [1.82, 2.24) is 9.78 Å². The number of aryl methyl sites for hydroxylation is 1. The second-order valence-electron chi connectivity index (χ2n) is 8.85. The highest BCUT2D eigenvalue weighted by molar-refractivity contribution is 7.91. The zero-order valence-corrected chi connectivity index (χ0v) is 18.4. The molecule has 2 amide bonds. The van der Waals surface area contributed by atoms with E-state index in [2.05, 4.69) is 20.8 Å². The van der Waals surface area contributed by atoms with Gasteiger partial charge in [0.1, 0.15) is 16.7 Å². The quantitative estimate of drug-likeness (QED) is 0.752. The largest absolute Gasteiger partial charge is 0.469 e. The second-order valence-corrected chi connectivity index (χ2v) is 10.6. The Bertz CT molecular complexity index is 1220. The lowest BCUT2D eigenvalue weighted by atomic mass is 9.99. The van der Waals surface area contributed by atoms with Gasteiger partial charge < -0.3 is 10.1 Å². The van der Waals surface area contributed by atoms with Crippen LogP contribution < -0.4 is 15.2 Å². The van der Waals surface area contributed by atoms with Crippen LogP contribution in [-0.4, -0.2) is 31.8 Å². The van der Waals surface area contributed by atoms with Crippen LogP contribution >= 0.6 is 0 Å². The molecule has 8 nitrogen and oxygen atoms in total.